The van der Waals surface area contributed by atoms with Crippen molar-refractivity contribution < 1.29 is 4.39 Å². The predicted molar refractivity (Wildman–Crippen MR) is 86.9 cm³/mol. The summed E-state index contributed by atoms with van der Waals surface area (Å²) in [6.45, 7) is 0.205. The number of hydrogen-bond acceptors (Lipinski definition) is 4. The molecule has 0 aliphatic heterocycles. The Labute approximate surface area is 135 Å². The molecule has 0 fully saturated rings. The van der Waals surface area contributed by atoms with Crippen molar-refractivity contribution in [3.63, 3.8) is 0 Å². The second kappa shape index (κ2) is 5.69. The first kappa shape index (κ1) is 14.3. The van der Waals surface area contributed by atoms with E-state index in [-0.39, 0.29) is 17.9 Å². The number of fused-ring (bicyclic) bond motifs is 1. The number of imidazole rings is 1. The first-order valence-electron chi connectivity index (χ1n) is 7.32. The summed E-state index contributed by atoms with van der Waals surface area (Å²) >= 11 is 0. The Morgan fingerprint density at radius 2 is 1.92 bits per heavy atom. The minimum atomic E-state index is -0.338. The number of halogens is 1. The van der Waals surface area contributed by atoms with Gasteiger partial charge >= 0.3 is 0 Å². The second-order valence-electron chi connectivity index (χ2n) is 5.27. The van der Waals surface area contributed by atoms with Crippen molar-refractivity contribution in [2.24, 2.45) is 0 Å². The van der Waals surface area contributed by atoms with Gasteiger partial charge in [0.15, 0.2) is 17.0 Å². The molecular formula is C17H12FN5O. The Kier molecular flexibility index (Phi) is 3.38. The van der Waals surface area contributed by atoms with Crippen LogP contribution in [0.4, 0.5) is 4.39 Å². The lowest BCUT2D eigenvalue weighted by atomic mass is 10.2. The Balaban J connectivity index is 1.80. The van der Waals surface area contributed by atoms with E-state index in [2.05, 4.69) is 19.9 Å². The predicted octanol–water partition coefficient (Wildman–Crippen LogP) is 2.37. The molecule has 0 amide bonds. The van der Waals surface area contributed by atoms with Gasteiger partial charge in [-0.1, -0.05) is 24.3 Å². The molecule has 0 bridgehead atoms. The third kappa shape index (κ3) is 2.45. The van der Waals surface area contributed by atoms with Crippen LogP contribution in [0.2, 0.25) is 0 Å². The van der Waals surface area contributed by atoms with Gasteiger partial charge in [-0.25, -0.2) is 14.4 Å². The van der Waals surface area contributed by atoms with E-state index in [0.717, 1.165) is 0 Å². The molecule has 0 unspecified atom stereocenters. The van der Waals surface area contributed by atoms with Crippen LogP contribution in [0.15, 0.2) is 59.8 Å². The zero-order chi connectivity index (χ0) is 16.5. The lowest BCUT2D eigenvalue weighted by Crippen LogP contribution is -2.14. The molecule has 0 saturated heterocycles. The van der Waals surface area contributed by atoms with E-state index in [4.69, 9.17) is 0 Å². The van der Waals surface area contributed by atoms with Crippen LogP contribution < -0.4 is 5.56 Å². The van der Waals surface area contributed by atoms with Gasteiger partial charge in [0.25, 0.3) is 5.56 Å². The molecule has 0 saturated carbocycles. The summed E-state index contributed by atoms with van der Waals surface area (Å²) in [5.41, 5.74) is 1.30. The maximum atomic E-state index is 13.8. The Morgan fingerprint density at radius 3 is 2.71 bits per heavy atom. The molecule has 0 spiro atoms. The van der Waals surface area contributed by atoms with E-state index in [1.807, 2.05) is 6.07 Å². The van der Waals surface area contributed by atoms with Crippen LogP contribution >= 0.6 is 0 Å². The van der Waals surface area contributed by atoms with Crippen LogP contribution in [-0.2, 0) is 6.54 Å². The zero-order valence-corrected chi connectivity index (χ0v) is 12.5. The number of nitrogens with zero attached hydrogens (tertiary/aromatic N) is 4. The van der Waals surface area contributed by atoms with Crippen molar-refractivity contribution in [3.05, 3.63) is 76.7 Å². The minimum Gasteiger partial charge on any atom is -0.320 e. The molecule has 0 atom stereocenters. The molecule has 0 radical (unpaired) electrons. The maximum Gasteiger partial charge on any atom is 0.277 e. The highest BCUT2D eigenvalue weighted by Gasteiger charge is 2.13. The summed E-state index contributed by atoms with van der Waals surface area (Å²) in [6.07, 6.45) is 3.11. The standard InChI is InChI=1S/C17H12FN5O/c18-12-6-2-1-5-11(12)9-23-10-20-16-14(23)17(24)22-15(21-16)13-7-3-4-8-19-13/h1-8,10H,9H2,(H,21,22,24). The molecular weight excluding hydrogens is 309 g/mol. The SMILES string of the molecule is O=c1[nH]c(-c2ccccn2)nc2ncn(Cc3ccccc3F)c12. The van der Waals surface area contributed by atoms with Crippen molar-refractivity contribution >= 4 is 11.2 Å². The Hall–Kier alpha value is -3.35. The summed E-state index contributed by atoms with van der Waals surface area (Å²) in [6, 6.07) is 11.8. The molecule has 7 heteroatoms. The molecule has 24 heavy (non-hydrogen) atoms. The van der Waals surface area contributed by atoms with Crippen LogP contribution in [0, 0.1) is 5.82 Å². The van der Waals surface area contributed by atoms with Crippen LogP contribution in [0.3, 0.4) is 0 Å². The lowest BCUT2D eigenvalue weighted by Gasteiger charge is -2.05. The maximum absolute atomic E-state index is 13.8. The van der Waals surface area contributed by atoms with E-state index in [1.165, 1.54) is 12.4 Å². The van der Waals surface area contributed by atoms with Crippen molar-refractivity contribution in [1.29, 1.82) is 0 Å². The number of aromatic amines is 1. The highest BCUT2D eigenvalue weighted by atomic mass is 19.1. The number of aromatic nitrogens is 5. The highest BCUT2D eigenvalue weighted by molar-refractivity contribution is 5.72. The topological polar surface area (TPSA) is 76.5 Å². The monoisotopic (exact) mass is 321 g/mol. The number of hydrogen-bond donors (Lipinski definition) is 1. The lowest BCUT2D eigenvalue weighted by molar-refractivity contribution is 0.601. The smallest absolute Gasteiger partial charge is 0.277 e. The van der Waals surface area contributed by atoms with Gasteiger partial charge in [-0.15, -0.1) is 0 Å². The van der Waals surface area contributed by atoms with Gasteiger partial charge in [-0.05, 0) is 18.2 Å². The van der Waals surface area contributed by atoms with Crippen molar-refractivity contribution in [1.82, 2.24) is 24.5 Å². The van der Waals surface area contributed by atoms with E-state index in [1.54, 1.807) is 41.1 Å². The largest absolute Gasteiger partial charge is 0.320 e. The molecule has 4 rings (SSSR count). The number of pyridine rings is 1. The molecule has 3 heterocycles. The van der Waals surface area contributed by atoms with Crippen molar-refractivity contribution in [2.75, 3.05) is 0 Å². The fourth-order valence-electron chi connectivity index (χ4n) is 2.54. The van der Waals surface area contributed by atoms with Gasteiger partial charge in [0.1, 0.15) is 11.5 Å². The zero-order valence-electron chi connectivity index (χ0n) is 12.5. The molecule has 0 aliphatic rings. The van der Waals surface area contributed by atoms with E-state index >= 15 is 0 Å². The quantitative estimate of drug-likeness (QED) is 0.628. The summed E-state index contributed by atoms with van der Waals surface area (Å²) < 4.78 is 15.4. The van der Waals surface area contributed by atoms with E-state index in [9.17, 15) is 9.18 Å². The van der Waals surface area contributed by atoms with Crippen LogP contribution in [0.5, 0.6) is 0 Å². The molecule has 4 aromatic rings. The third-order valence-electron chi connectivity index (χ3n) is 3.69. The van der Waals surface area contributed by atoms with Crippen molar-refractivity contribution in [3.8, 4) is 11.5 Å². The Bertz CT molecular complexity index is 1070. The van der Waals surface area contributed by atoms with Gasteiger partial charge < -0.3 is 9.55 Å². The van der Waals surface area contributed by atoms with Gasteiger partial charge in [0.05, 0.1) is 12.9 Å². The average molecular weight is 321 g/mol. The second-order valence-corrected chi connectivity index (χ2v) is 5.27. The fourth-order valence-corrected chi connectivity index (χ4v) is 2.54. The molecule has 3 aromatic heterocycles. The van der Waals surface area contributed by atoms with Crippen LogP contribution in [-0.4, -0.2) is 24.5 Å². The molecule has 1 aromatic carbocycles. The summed E-state index contributed by atoms with van der Waals surface area (Å²) in [5.74, 6) is 0.0260. The third-order valence-corrected chi connectivity index (χ3v) is 3.69. The molecule has 118 valence electrons. The van der Waals surface area contributed by atoms with Crippen LogP contribution in [0.25, 0.3) is 22.7 Å². The molecule has 0 aliphatic carbocycles. The van der Waals surface area contributed by atoms with Gasteiger partial charge in [-0.2, -0.15) is 0 Å². The first-order chi connectivity index (χ1) is 11.7. The Morgan fingerprint density at radius 1 is 1.08 bits per heavy atom. The van der Waals surface area contributed by atoms with Crippen LogP contribution in [0.1, 0.15) is 5.56 Å². The highest BCUT2D eigenvalue weighted by Crippen LogP contribution is 2.15. The van der Waals surface area contributed by atoms with Gasteiger partial charge in [0.2, 0.25) is 0 Å². The summed E-state index contributed by atoms with van der Waals surface area (Å²) in [4.78, 5) is 27.8. The number of nitrogens with one attached hydrogen (secondary N) is 1. The van der Waals surface area contributed by atoms with E-state index < -0.39 is 0 Å². The number of rotatable bonds is 3. The minimum absolute atomic E-state index is 0.205. The first-order valence-corrected chi connectivity index (χ1v) is 7.32. The van der Waals surface area contributed by atoms with E-state index in [0.29, 0.717) is 28.2 Å². The number of benzene rings is 1. The number of H-pyrrole nitrogens is 1. The van der Waals surface area contributed by atoms with Crippen molar-refractivity contribution in [2.45, 2.75) is 6.54 Å². The normalized spacial score (nSPS) is 11.0. The molecule has 6 nitrogen and oxygen atoms in total. The van der Waals surface area contributed by atoms with Gasteiger partial charge in [0, 0.05) is 11.8 Å². The summed E-state index contributed by atoms with van der Waals surface area (Å²) in [5, 5.41) is 0. The average Bonchev–Trinajstić information content (AvgIpc) is 3.01. The fraction of sp³-hybridized carbons (Fsp3) is 0.0588. The molecule has 1 N–H and O–H groups in total. The summed E-state index contributed by atoms with van der Waals surface area (Å²) in [7, 11) is 0. The van der Waals surface area contributed by atoms with Gasteiger partial charge in [-0.3, -0.25) is 9.78 Å².